The molecule has 0 atom stereocenters. The van der Waals surface area contributed by atoms with Gasteiger partial charge in [0.25, 0.3) is 5.01 Å². The fourth-order valence-electron chi connectivity index (χ4n) is 3.07. The van der Waals surface area contributed by atoms with Crippen LogP contribution in [0.3, 0.4) is 0 Å². The zero-order chi connectivity index (χ0) is 16.4. The highest BCUT2D eigenvalue weighted by atomic mass is 127. The molecule has 1 aromatic carbocycles. The smallest absolute Gasteiger partial charge is 0.261 e. The average molecular weight is 450 g/mol. The molecule has 2 heterocycles. The molecular weight excluding hydrogens is 427 g/mol. The van der Waals surface area contributed by atoms with Crippen LogP contribution in [-0.4, -0.2) is 4.57 Å². The number of aryl methyl sites for hydroxylation is 2. The molecule has 0 fully saturated rings. The third-order valence-corrected chi connectivity index (χ3v) is 5.31. The van der Waals surface area contributed by atoms with E-state index >= 15 is 0 Å². The summed E-state index contributed by atoms with van der Waals surface area (Å²) < 4.78 is 4.66. The number of rotatable bonds is 4. The minimum Gasteiger partial charge on any atom is -1.00 e. The van der Waals surface area contributed by atoms with Gasteiger partial charge in [0.05, 0.1) is 5.38 Å². The predicted octanol–water partition coefficient (Wildman–Crippen LogP) is 1.95. The first-order valence-electron chi connectivity index (χ1n) is 8.02. The van der Waals surface area contributed by atoms with Gasteiger partial charge in [-0.3, -0.25) is 0 Å². The van der Waals surface area contributed by atoms with E-state index in [9.17, 15) is 0 Å². The summed E-state index contributed by atoms with van der Waals surface area (Å²) in [5.74, 6) is 0. The van der Waals surface area contributed by atoms with Crippen LogP contribution in [0.2, 0.25) is 0 Å². The zero-order valence-corrected chi connectivity index (χ0v) is 17.6. The zero-order valence-electron chi connectivity index (χ0n) is 14.6. The predicted molar refractivity (Wildman–Crippen MR) is 99.1 cm³/mol. The fourth-order valence-corrected chi connectivity index (χ4v) is 4.04. The van der Waals surface area contributed by atoms with Gasteiger partial charge in [0.2, 0.25) is 0 Å². The Morgan fingerprint density at radius 1 is 1.08 bits per heavy atom. The average Bonchev–Trinajstić information content (AvgIpc) is 3.05. The topological polar surface area (TPSA) is 8.81 Å². The molecule has 0 spiro atoms. The van der Waals surface area contributed by atoms with E-state index in [1.807, 2.05) is 0 Å². The Bertz CT molecular complexity index is 844. The van der Waals surface area contributed by atoms with E-state index < -0.39 is 0 Å². The van der Waals surface area contributed by atoms with Crippen LogP contribution in [-0.2, 0) is 6.54 Å². The van der Waals surface area contributed by atoms with Crippen LogP contribution in [0, 0.1) is 20.8 Å². The molecule has 0 saturated heterocycles. The molecule has 0 radical (unpaired) electrons. The van der Waals surface area contributed by atoms with E-state index in [1.165, 1.54) is 33.3 Å². The third kappa shape index (κ3) is 3.64. The Kier molecular flexibility index (Phi) is 6.40. The Morgan fingerprint density at radius 3 is 2.46 bits per heavy atom. The van der Waals surface area contributed by atoms with Crippen molar-refractivity contribution in [3.8, 4) is 5.69 Å². The molecule has 0 bridgehead atoms. The third-order valence-electron chi connectivity index (χ3n) is 4.25. The molecule has 0 aliphatic heterocycles. The van der Waals surface area contributed by atoms with Crippen molar-refractivity contribution in [3.05, 3.63) is 69.4 Å². The number of benzene rings is 1. The van der Waals surface area contributed by atoms with Gasteiger partial charge in [-0.1, -0.05) is 29.5 Å². The van der Waals surface area contributed by atoms with Crippen molar-refractivity contribution in [2.24, 2.45) is 0 Å². The van der Waals surface area contributed by atoms with Crippen molar-refractivity contribution < 1.29 is 28.5 Å². The first-order chi connectivity index (χ1) is 11.1. The van der Waals surface area contributed by atoms with Gasteiger partial charge in [-0.25, -0.2) is 0 Å². The van der Waals surface area contributed by atoms with E-state index in [4.69, 9.17) is 0 Å². The Balaban J connectivity index is 0.00000208. The Hall–Kier alpha value is -1.40. The number of nitrogens with zero attached hydrogens (tertiary/aromatic N) is 2. The molecule has 4 heteroatoms. The van der Waals surface area contributed by atoms with E-state index in [0.717, 1.165) is 6.54 Å². The largest absolute Gasteiger partial charge is 1.00 e. The van der Waals surface area contributed by atoms with Gasteiger partial charge in [-0.15, -0.1) is 0 Å². The normalized spacial score (nSPS) is 11.0. The number of thiazole rings is 1. The molecule has 0 aliphatic rings. The molecule has 3 aromatic rings. The Labute approximate surface area is 165 Å². The molecule has 0 amide bonds. The molecule has 0 saturated carbocycles. The number of hydrogen-bond donors (Lipinski definition) is 0. The highest BCUT2D eigenvalue weighted by Crippen LogP contribution is 2.22. The molecule has 3 rings (SSSR count). The van der Waals surface area contributed by atoms with Crippen LogP contribution in [0.1, 0.15) is 34.6 Å². The molecule has 24 heavy (non-hydrogen) atoms. The first-order valence-corrected chi connectivity index (χ1v) is 8.90. The second kappa shape index (κ2) is 8.12. The molecule has 2 aromatic heterocycles. The van der Waals surface area contributed by atoms with Crippen LogP contribution in [0.4, 0.5) is 0 Å². The lowest BCUT2D eigenvalue weighted by Gasteiger charge is -2.09. The second-order valence-corrected chi connectivity index (χ2v) is 6.68. The van der Waals surface area contributed by atoms with Crippen LogP contribution in [0.25, 0.3) is 17.8 Å². The van der Waals surface area contributed by atoms with Crippen molar-refractivity contribution in [3.63, 3.8) is 0 Å². The maximum atomic E-state index is 2.34. The van der Waals surface area contributed by atoms with E-state index in [2.05, 4.69) is 90.8 Å². The van der Waals surface area contributed by atoms with Gasteiger partial charge in [0.15, 0.2) is 5.69 Å². The van der Waals surface area contributed by atoms with E-state index in [-0.39, 0.29) is 24.0 Å². The van der Waals surface area contributed by atoms with Crippen molar-refractivity contribution in [1.82, 2.24) is 4.57 Å². The van der Waals surface area contributed by atoms with Crippen molar-refractivity contribution >= 4 is 23.5 Å². The summed E-state index contributed by atoms with van der Waals surface area (Å²) in [6.07, 6.45) is 4.47. The van der Waals surface area contributed by atoms with Crippen LogP contribution < -0.4 is 28.5 Å². The van der Waals surface area contributed by atoms with Gasteiger partial charge in [-0.2, -0.15) is 4.57 Å². The molecule has 0 aliphatic carbocycles. The fraction of sp³-hybridized carbons (Fsp3) is 0.250. The first kappa shape index (κ1) is 18.9. The lowest BCUT2D eigenvalue weighted by atomic mass is 10.2. The molecule has 126 valence electrons. The van der Waals surface area contributed by atoms with Crippen LogP contribution in [0.15, 0.2) is 41.8 Å². The summed E-state index contributed by atoms with van der Waals surface area (Å²) in [4.78, 5) is 0. The summed E-state index contributed by atoms with van der Waals surface area (Å²) in [5, 5.41) is 3.52. The lowest BCUT2D eigenvalue weighted by Crippen LogP contribution is -3.00. The van der Waals surface area contributed by atoms with Crippen molar-refractivity contribution in [2.75, 3.05) is 0 Å². The van der Waals surface area contributed by atoms with Gasteiger partial charge in [0.1, 0.15) is 6.54 Å². The lowest BCUT2D eigenvalue weighted by molar-refractivity contribution is -0.696. The minimum atomic E-state index is 0. The van der Waals surface area contributed by atoms with Crippen molar-refractivity contribution in [1.29, 1.82) is 0 Å². The monoisotopic (exact) mass is 450 g/mol. The highest BCUT2D eigenvalue weighted by molar-refractivity contribution is 7.10. The minimum absolute atomic E-state index is 0. The maximum absolute atomic E-state index is 2.34. The van der Waals surface area contributed by atoms with Crippen molar-refractivity contribution in [2.45, 2.75) is 34.2 Å². The summed E-state index contributed by atoms with van der Waals surface area (Å²) in [5.41, 5.74) is 6.37. The second-order valence-electron chi connectivity index (χ2n) is 5.79. The SMILES string of the molecule is CC[n+]1c(C)csc1/C=C/c1cc(C)n(-c2ccccc2)c1C.[I-]. The summed E-state index contributed by atoms with van der Waals surface area (Å²) in [6, 6.07) is 12.8. The summed E-state index contributed by atoms with van der Waals surface area (Å²) >= 11 is 1.80. The van der Waals surface area contributed by atoms with E-state index in [1.54, 1.807) is 11.3 Å². The summed E-state index contributed by atoms with van der Waals surface area (Å²) in [6.45, 7) is 9.72. The summed E-state index contributed by atoms with van der Waals surface area (Å²) in [7, 11) is 0. The quantitative estimate of drug-likeness (QED) is 0.425. The van der Waals surface area contributed by atoms with E-state index in [0.29, 0.717) is 0 Å². The molecule has 0 unspecified atom stereocenters. The number of aromatic nitrogens is 2. The molecule has 0 N–H and O–H groups in total. The van der Waals surface area contributed by atoms with Gasteiger partial charge < -0.3 is 28.5 Å². The van der Waals surface area contributed by atoms with Gasteiger partial charge in [-0.05, 0) is 50.6 Å². The number of halogens is 1. The molecular formula is C20H23IN2S. The highest BCUT2D eigenvalue weighted by Gasteiger charge is 2.13. The van der Waals surface area contributed by atoms with Gasteiger partial charge in [0, 0.05) is 30.1 Å². The number of hydrogen-bond acceptors (Lipinski definition) is 1. The van der Waals surface area contributed by atoms with Crippen LogP contribution >= 0.6 is 11.3 Å². The van der Waals surface area contributed by atoms with Crippen LogP contribution in [0.5, 0.6) is 0 Å². The maximum Gasteiger partial charge on any atom is 0.261 e. The standard InChI is InChI=1S/C20H23N2S.HI/c1-5-21-16(3)14-23-20(21)12-11-18-13-15(2)22(17(18)4)19-9-7-6-8-10-19;/h6-14H,5H2,1-4H3;1H/q+1;/p-1. The Morgan fingerprint density at radius 2 is 1.79 bits per heavy atom. The molecule has 2 nitrogen and oxygen atoms in total. The number of para-hydroxylation sites is 1. The van der Waals surface area contributed by atoms with Gasteiger partial charge >= 0.3 is 0 Å².